The maximum absolute atomic E-state index is 11.9. The van der Waals surface area contributed by atoms with Crippen LogP contribution >= 0.6 is 0 Å². The fourth-order valence-electron chi connectivity index (χ4n) is 1.78. The van der Waals surface area contributed by atoms with Gasteiger partial charge in [-0.05, 0) is 13.5 Å². The van der Waals surface area contributed by atoms with Gasteiger partial charge in [0, 0.05) is 26.2 Å². The molecule has 1 heterocycles. The molecule has 0 bridgehead atoms. The summed E-state index contributed by atoms with van der Waals surface area (Å²) in [5.74, 6) is -0.411. The third-order valence-electron chi connectivity index (χ3n) is 2.85. The molecule has 1 amide bonds. The molecule has 15 heavy (non-hydrogen) atoms. The third-order valence-corrected chi connectivity index (χ3v) is 2.85. The lowest BCUT2D eigenvalue weighted by molar-refractivity contribution is -0.135. The van der Waals surface area contributed by atoms with Crippen molar-refractivity contribution in [2.45, 2.75) is 19.8 Å². The van der Waals surface area contributed by atoms with Gasteiger partial charge < -0.3 is 9.80 Å². The third kappa shape index (κ3) is 3.21. The zero-order valence-electron chi connectivity index (χ0n) is 9.57. The van der Waals surface area contributed by atoms with Gasteiger partial charge in [0.1, 0.15) is 5.92 Å². The Hall–Kier alpha value is -1.08. The molecule has 1 rings (SSSR count). The first-order valence-corrected chi connectivity index (χ1v) is 5.56. The highest BCUT2D eigenvalue weighted by molar-refractivity contribution is 5.81. The predicted molar refractivity (Wildman–Crippen MR) is 58.1 cm³/mol. The lowest BCUT2D eigenvalue weighted by Gasteiger charge is -2.33. The summed E-state index contributed by atoms with van der Waals surface area (Å²) in [5, 5.41) is 8.90. The van der Waals surface area contributed by atoms with E-state index in [4.69, 9.17) is 5.26 Å². The van der Waals surface area contributed by atoms with Gasteiger partial charge in [-0.1, -0.05) is 13.3 Å². The van der Waals surface area contributed by atoms with Crippen LogP contribution < -0.4 is 0 Å². The van der Waals surface area contributed by atoms with Gasteiger partial charge in [-0.15, -0.1) is 0 Å². The number of hydrogen-bond acceptors (Lipinski definition) is 3. The lowest BCUT2D eigenvalue weighted by Crippen LogP contribution is -2.48. The summed E-state index contributed by atoms with van der Waals surface area (Å²) in [6.07, 6.45) is 1.57. The summed E-state index contributed by atoms with van der Waals surface area (Å²) in [4.78, 5) is 15.9. The molecule has 1 unspecified atom stereocenters. The van der Waals surface area contributed by atoms with E-state index < -0.39 is 5.92 Å². The molecule has 1 aliphatic heterocycles. The average Bonchev–Trinajstić information content (AvgIpc) is 2.26. The maximum Gasteiger partial charge on any atom is 0.240 e. The molecular weight excluding hydrogens is 190 g/mol. The molecule has 0 radical (unpaired) electrons. The van der Waals surface area contributed by atoms with E-state index in [2.05, 4.69) is 18.0 Å². The molecule has 1 fully saturated rings. The Balaban J connectivity index is 2.49. The van der Waals surface area contributed by atoms with Crippen molar-refractivity contribution in [1.29, 1.82) is 5.26 Å². The Morgan fingerprint density at radius 1 is 1.40 bits per heavy atom. The van der Waals surface area contributed by atoms with E-state index >= 15 is 0 Å². The van der Waals surface area contributed by atoms with Gasteiger partial charge in [0.15, 0.2) is 0 Å². The molecule has 4 nitrogen and oxygen atoms in total. The van der Waals surface area contributed by atoms with E-state index in [9.17, 15) is 4.79 Å². The zero-order valence-corrected chi connectivity index (χ0v) is 9.57. The number of nitriles is 1. The summed E-state index contributed by atoms with van der Waals surface area (Å²) in [6, 6.07) is 2.11. The minimum Gasteiger partial charge on any atom is -0.339 e. The molecule has 0 aromatic rings. The Bertz CT molecular complexity index is 251. The largest absolute Gasteiger partial charge is 0.339 e. The summed E-state index contributed by atoms with van der Waals surface area (Å²) in [6.45, 7) is 5.35. The number of hydrogen-bond donors (Lipinski definition) is 0. The highest BCUT2D eigenvalue weighted by atomic mass is 16.2. The van der Waals surface area contributed by atoms with Gasteiger partial charge in [0.2, 0.25) is 5.91 Å². The lowest BCUT2D eigenvalue weighted by atomic mass is 10.0. The van der Waals surface area contributed by atoms with Crippen LogP contribution in [-0.4, -0.2) is 48.9 Å². The Morgan fingerprint density at radius 2 is 2.00 bits per heavy atom. The molecule has 0 spiro atoms. The monoisotopic (exact) mass is 209 g/mol. The van der Waals surface area contributed by atoms with Crippen LogP contribution in [0.2, 0.25) is 0 Å². The number of likely N-dealkylation sites (N-methyl/N-ethyl adjacent to an activating group) is 1. The highest BCUT2D eigenvalue weighted by Gasteiger charge is 2.25. The van der Waals surface area contributed by atoms with Gasteiger partial charge in [0.25, 0.3) is 0 Å². The molecule has 4 heteroatoms. The van der Waals surface area contributed by atoms with Gasteiger partial charge >= 0.3 is 0 Å². The van der Waals surface area contributed by atoms with Crippen LogP contribution in [0.4, 0.5) is 0 Å². The number of amides is 1. The van der Waals surface area contributed by atoms with Crippen molar-refractivity contribution in [1.82, 2.24) is 9.80 Å². The van der Waals surface area contributed by atoms with Gasteiger partial charge in [-0.2, -0.15) is 5.26 Å². The van der Waals surface area contributed by atoms with Crippen LogP contribution in [0, 0.1) is 17.2 Å². The molecule has 0 saturated carbocycles. The second-order valence-corrected chi connectivity index (χ2v) is 4.10. The normalized spacial score (nSPS) is 19.7. The van der Waals surface area contributed by atoms with Crippen molar-refractivity contribution in [2.24, 2.45) is 5.92 Å². The quantitative estimate of drug-likeness (QED) is 0.687. The van der Waals surface area contributed by atoms with Crippen molar-refractivity contribution in [3.63, 3.8) is 0 Å². The molecule has 0 N–H and O–H groups in total. The van der Waals surface area contributed by atoms with Gasteiger partial charge in [-0.25, -0.2) is 0 Å². The highest BCUT2D eigenvalue weighted by Crippen LogP contribution is 2.11. The van der Waals surface area contributed by atoms with E-state index in [0.29, 0.717) is 6.42 Å². The van der Waals surface area contributed by atoms with Gasteiger partial charge in [-0.3, -0.25) is 4.79 Å². The Labute approximate surface area is 91.5 Å². The smallest absolute Gasteiger partial charge is 0.240 e. The number of carbonyl (C=O) groups is 1. The Kier molecular flexibility index (Phi) is 4.57. The summed E-state index contributed by atoms with van der Waals surface area (Å²) >= 11 is 0. The van der Waals surface area contributed by atoms with Crippen molar-refractivity contribution in [2.75, 3.05) is 33.2 Å². The predicted octanol–water partition coefficient (Wildman–Crippen LogP) is 0.700. The minimum absolute atomic E-state index is 0.0208. The van der Waals surface area contributed by atoms with Crippen LogP contribution in [0.1, 0.15) is 19.8 Å². The number of nitrogens with zero attached hydrogens (tertiary/aromatic N) is 3. The van der Waals surface area contributed by atoms with Crippen LogP contribution in [0.3, 0.4) is 0 Å². The summed E-state index contributed by atoms with van der Waals surface area (Å²) < 4.78 is 0. The SMILES string of the molecule is CCCC(C#N)C(=O)N1CCN(C)CC1. The summed E-state index contributed by atoms with van der Waals surface area (Å²) in [7, 11) is 2.05. The van der Waals surface area contributed by atoms with Crippen molar-refractivity contribution < 1.29 is 4.79 Å². The molecule has 1 aliphatic rings. The van der Waals surface area contributed by atoms with Crippen molar-refractivity contribution in [3.05, 3.63) is 0 Å². The molecule has 0 aromatic carbocycles. The van der Waals surface area contributed by atoms with E-state index in [1.54, 1.807) is 0 Å². The van der Waals surface area contributed by atoms with Crippen LogP contribution in [0.25, 0.3) is 0 Å². The fraction of sp³-hybridized carbons (Fsp3) is 0.818. The van der Waals surface area contributed by atoms with Crippen LogP contribution in [0.5, 0.6) is 0 Å². The first-order chi connectivity index (χ1) is 7.19. The standard InChI is InChI=1S/C11H19N3O/c1-3-4-10(9-12)11(15)14-7-5-13(2)6-8-14/h10H,3-8H2,1-2H3. The second kappa shape index (κ2) is 5.72. The number of piperazine rings is 1. The Morgan fingerprint density at radius 3 is 2.47 bits per heavy atom. The zero-order chi connectivity index (χ0) is 11.3. The van der Waals surface area contributed by atoms with E-state index in [1.807, 2.05) is 11.8 Å². The molecule has 84 valence electrons. The second-order valence-electron chi connectivity index (χ2n) is 4.10. The van der Waals surface area contributed by atoms with E-state index in [-0.39, 0.29) is 5.91 Å². The molecule has 1 saturated heterocycles. The van der Waals surface area contributed by atoms with Gasteiger partial charge in [0.05, 0.1) is 6.07 Å². The average molecular weight is 209 g/mol. The fourth-order valence-corrected chi connectivity index (χ4v) is 1.78. The van der Waals surface area contributed by atoms with E-state index in [0.717, 1.165) is 32.6 Å². The topological polar surface area (TPSA) is 47.3 Å². The van der Waals surface area contributed by atoms with E-state index in [1.165, 1.54) is 0 Å². The first-order valence-electron chi connectivity index (χ1n) is 5.56. The minimum atomic E-state index is -0.432. The van der Waals surface area contributed by atoms with Crippen LogP contribution in [0.15, 0.2) is 0 Å². The maximum atomic E-state index is 11.9. The number of carbonyl (C=O) groups excluding carboxylic acids is 1. The summed E-state index contributed by atoms with van der Waals surface area (Å²) in [5.41, 5.74) is 0. The number of rotatable bonds is 3. The molecular formula is C11H19N3O. The molecule has 1 atom stereocenters. The van der Waals surface area contributed by atoms with Crippen LogP contribution in [-0.2, 0) is 4.79 Å². The molecule has 0 aliphatic carbocycles. The first kappa shape index (κ1) is 12.0. The van der Waals surface area contributed by atoms with Crippen molar-refractivity contribution >= 4 is 5.91 Å². The van der Waals surface area contributed by atoms with Crippen molar-refractivity contribution in [3.8, 4) is 6.07 Å². The molecule has 0 aromatic heterocycles.